The van der Waals surface area contributed by atoms with Crippen LogP contribution in [0.5, 0.6) is 0 Å². The van der Waals surface area contributed by atoms with E-state index in [0.29, 0.717) is 11.8 Å². The van der Waals surface area contributed by atoms with Crippen molar-refractivity contribution in [1.82, 2.24) is 5.32 Å². The maximum atomic E-state index is 12.0. The first-order valence-electron chi connectivity index (χ1n) is 7.25. The molecule has 0 radical (unpaired) electrons. The second kappa shape index (κ2) is 6.71. The van der Waals surface area contributed by atoms with Crippen molar-refractivity contribution in [3.8, 4) is 0 Å². The lowest BCUT2D eigenvalue weighted by atomic mass is 10.1. The van der Waals surface area contributed by atoms with Gasteiger partial charge in [0.1, 0.15) is 0 Å². The first-order chi connectivity index (χ1) is 9.22. The highest BCUT2D eigenvalue weighted by atomic mass is 16.2. The van der Waals surface area contributed by atoms with Crippen LogP contribution in [-0.4, -0.2) is 19.0 Å². The van der Waals surface area contributed by atoms with Gasteiger partial charge in [-0.05, 0) is 43.2 Å². The minimum atomic E-state index is 0.189. The third-order valence-corrected chi connectivity index (χ3v) is 3.93. The Morgan fingerprint density at radius 2 is 2.16 bits per heavy atom. The van der Waals surface area contributed by atoms with E-state index in [2.05, 4.69) is 24.4 Å². The Balaban J connectivity index is 1.66. The minimum absolute atomic E-state index is 0.189. The smallest absolute Gasteiger partial charge is 0.223 e. The molecule has 1 aliphatic carbocycles. The zero-order valence-electron chi connectivity index (χ0n) is 11.6. The van der Waals surface area contributed by atoms with Crippen LogP contribution in [0.3, 0.4) is 0 Å². The van der Waals surface area contributed by atoms with Gasteiger partial charge in [0, 0.05) is 12.5 Å². The minimum Gasteiger partial charge on any atom is -0.356 e. The van der Waals surface area contributed by atoms with Gasteiger partial charge in [-0.15, -0.1) is 0 Å². The van der Waals surface area contributed by atoms with E-state index in [1.54, 1.807) is 0 Å². The fraction of sp³-hybridized carbons (Fsp3) is 0.562. The van der Waals surface area contributed by atoms with Crippen LogP contribution in [0.1, 0.15) is 37.7 Å². The van der Waals surface area contributed by atoms with Crippen LogP contribution >= 0.6 is 0 Å². The van der Waals surface area contributed by atoms with Gasteiger partial charge in [0.15, 0.2) is 0 Å². The van der Waals surface area contributed by atoms with Crippen LogP contribution in [0.25, 0.3) is 0 Å². The van der Waals surface area contributed by atoms with Crippen molar-refractivity contribution < 1.29 is 4.79 Å². The molecule has 3 nitrogen and oxygen atoms in total. The molecule has 0 heterocycles. The van der Waals surface area contributed by atoms with Crippen LogP contribution in [-0.2, 0) is 4.79 Å². The molecule has 3 N–H and O–H groups in total. The van der Waals surface area contributed by atoms with Gasteiger partial charge in [-0.1, -0.05) is 37.3 Å². The highest BCUT2D eigenvalue weighted by Crippen LogP contribution is 2.47. The molecule has 1 amide bonds. The zero-order chi connectivity index (χ0) is 13.7. The van der Waals surface area contributed by atoms with Crippen molar-refractivity contribution in [3.63, 3.8) is 0 Å². The number of benzene rings is 1. The molecular weight excluding hydrogens is 236 g/mol. The maximum Gasteiger partial charge on any atom is 0.223 e. The largest absolute Gasteiger partial charge is 0.356 e. The summed E-state index contributed by atoms with van der Waals surface area (Å²) in [6, 6.07) is 10.3. The van der Waals surface area contributed by atoms with E-state index in [0.717, 1.165) is 32.4 Å². The molecule has 3 unspecified atom stereocenters. The van der Waals surface area contributed by atoms with Gasteiger partial charge in [0.25, 0.3) is 0 Å². The molecule has 3 heteroatoms. The Morgan fingerprint density at radius 1 is 1.42 bits per heavy atom. The van der Waals surface area contributed by atoms with Gasteiger partial charge in [-0.2, -0.15) is 0 Å². The highest BCUT2D eigenvalue weighted by Gasteiger charge is 2.43. The lowest BCUT2D eigenvalue weighted by Gasteiger charge is -2.08. The second-order valence-electron chi connectivity index (χ2n) is 5.63. The molecule has 0 bridgehead atoms. The summed E-state index contributed by atoms with van der Waals surface area (Å²) in [5.74, 6) is 1.39. The monoisotopic (exact) mass is 260 g/mol. The van der Waals surface area contributed by atoms with E-state index in [4.69, 9.17) is 5.73 Å². The first-order valence-corrected chi connectivity index (χ1v) is 7.25. The van der Waals surface area contributed by atoms with Crippen molar-refractivity contribution >= 4 is 5.91 Å². The first kappa shape index (κ1) is 14.1. The van der Waals surface area contributed by atoms with Gasteiger partial charge in [-0.25, -0.2) is 0 Å². The third-order valence-electron chi connectivity index (χ3n) is 3.93. The van der Waals surface area contributed by atoms with Crippen LogP contribution in [0, 0.1) is 11.8 Å². The van der Waals surface area contributed by atoms with Gasteiger partial charge in [-0.3, -0.25) is 4.79 Å². The average molecular weight is 260 g/mol. The van der Waals surface area contributed by atoms with Crippen LogP contribution in [0.15, 0.2) is 30.3 Å². The lowest BCUT2D eigenvalue weighted by molar-refractivity contribution is -0.122. The molecule has 0 aromatic heterocycles. The Kier molecular flexibility index (Phi) is 4.97. The third kappa shape index (κ3) is 4.06. The summed E-state index contributed by atoms with van der Waals surface area (Å²) in [5, 5.41) is 3.04. The van der Waals surface area contributed by atoms with Crippen molar-refractivity contribution in [2.45, 2.75) is 32.1 Å². The summed E-state index contributed by atoms with van der Waals surface area (Å²) >= 11 is 0. The molecule has 0 saturated heterocycles. The number of rotatable bonds is 7. The molecule has 2 rings (SSSR count). The van der Waals surface area contributed by atoms with E-state index in [-0.39, 0.29) is 11.8 Å². The summed E-state index contributed by atoms with van der Waals surface area (Å²) in [6.45, 7) is 3.65. The Bertz CT molecular complexity index is 404. The fourth-order valence-electron chi connectivity index (χ4n) is 2.46. The van der Waals surface area contributed by atoms with E-state index >= 15 is 0 Å². The van der Waals surface area contributed by atoms with Gasteiger partial charge < -0.3 is 11.1 Å². The number of carbonyl (C=O) groups is 1. The molecule has 1 aliphatic rings. The van der Waals surface area contributed by atoms with Gasteiger partial charge >= 0.3 is 0 Å². The summed E-state index contributed by atoms with van der Waals surface area (Å²) < 4.78 is 0. The number of nitrogens with one attached hydrogen (secondary N) is 1. The molecule has 0 aliphatic heterocycles. The molecule has 104 valence electrons. The SMILES string of the molecule is CC(CN)CCCNC(=O)C1CC1c1ccccc1. The van der Waals surface area contributed by atoms with Crippen molar-refractivity contribution in [3.05, 3.63) is 35.9 Å². The normalized spacial score (nSPS) is 22.8. The number of hydrogen-bond donors (Lipinski definition) is 2. The summed E-state index contributed by atoms with van der Waals surface area (Å²) in [7, 11) is 0. The molecule has 3 atom stereocenters. The average Bonchev–Trinajstić information content (AvgIpc) is 3.24. The predicted molar refractivity (Wildman–Crippen MR) is 77.8 cm³/mol. The van der Waals surface area contributed by atoms with Crippen LogP contribution in [0.4, 0.5) is 0 Å². The van der Waals surface area contributed by atoms with Crippen molar-refractivity contribution in [2.75, 3.05) is 13.1 Å². The molecule has 1 saturated carbocycles. The quantitative estimate of drug-likeness (QED) is 0.739. The lowest BCUT2D eigenvalue weighted by Crippen LogP contribution is -2.27. The van der Waals surface area contributed by atoms with E-state index in [1.165, 1.54) is 5.56 Å². The Hall–Kier alpha value is -1.35. The van der Waals surface area contributed by atoms with Crippen LogP contribution in [0.2, 0.25) is 0 Å². The summed E-state index contributed by atoms with van der Waals surface area (Å²) in [6.07, 6.45) is 3.10. The second-order valence-corrected chi connectivity index (χ2v) is 5.63. The highest BCUT2D eigenvalue weighted by molar-refractivity contribution is 5.82. The number of amides is 1. The van der Waals surface area contributed by atoms with E-state index in [1.807, 2.05) is 18.2 Å². The summed E-state index contributed by atoms with van der Waals surface area (Å²) in [5.41, 5.74) is 6.86. The topological polar surface area (TPSA) is 55.1 Å². The number of hydrogen-bond acceptors (Lipinski definition) is 2. The molecule has 0 spiro atoms. The van der Waals surface area contributed by atoms with Crippen molar-refractivity contribution in [2.24, 2.45) is 17.6 Å². The molecule has 19 heavy (non-hydrogen) atoms. The van der Waals surface area contributed by atoms with Gasteiger partial charge in [0.05, 0.1) is 0 Å². The summed E-state index contributed by atoms with van der Waals surface area (Å²) in [4.78, 5) is 12.0. The predicted octanol–water partition coefficient (Wildman–Crippen LogP) is 2.28. The van der Waals surface area contributed by atoms with E-state index in [9.17, 15) is 4.79 Å². The van der Waals surface area contributed by atoms with Gasteiger partial charge in [0.2, 0.25) is 5.91 Å². The molecule has 1 aromatic rings. The Labute approximate surface area is 115 Å². The molecule has 1 aromatic carbocycles. The maximum absolute atomic E-state index is 12.0. The molecular formula is C16H24N2O. The van der Waals surface area contributed by atoms with Crippen molar-refractivity contribution in [1.29, 1.82) is 0 Å². The van der Waals surface area contributed by atoms with E-state index < -0.39 is 0 Å². The zero-order valence-corrected chi connectivity index (χ0v) is 11.6. The number of nitrogens with two attached hydrogens (primary N) is 1. The Morgan fingerprint density at radius 3 is 2.84 bits per heavy atom. The number of carbonyl (C=O) groups excluding carboxylic acids is 1. The standard InChI is InChI=1S/C16H24N2O/c1-12(11-17)6-5-9-18-16(19)15-10-14(15)13-7-3-2-4-8-13/h2-4,7-8,12,14-15H,5-6,9-11,17H2,1H3,(H,18,19). The van der Waals surface area contributed by atoms with Crippen LogP contribution < -0.4 is 11.1 Å². The molecule has 1 fully saturated rings. The fourth-order valence-corrected chi connectivity index (χ4v) is 2.46.